The Morgan fingerprint density at radius 1 is 1.06 bits per heavy atom. The van der Waals surface area contributed by atoms with Gasteiger partial charge in [0.05, 0.1) is 11.1 Å². The third kappa shape index (κ3) is 4.69. The third-order valence-corrected chi connectivity index (χ3v) is 1.85. The van der Waals surface area contributed by atoms with E-state index in [1.165, 1.54) is 4.90 Å². The zero-order chi connectivity index (χ0) is 12.1. The van der Waals surface area contributed by atoms with Gasteiger partial charge in [-0.05, 0) is 12.1 Å². The zero-order valence-electron chi connectivity index (χ0n) is 10.1. The number of carbonyl (C=O) groups excluding carboxylic acids is 3. The summed E-state index contributed by atoms with van der Waals surface area (Å²) in [4.78, 5) is 32.8. The number of benzene rings is 1. The average molecular weight is 259 g/mol. The Morgan fingerprint density at radius 3 is 1.71 bits per heavy atom. The third-order valence-electron chi connectivity index (χ3n) is 1.85. The van der Waals surface area contributed by atoms with Gasteiger partial charge in [0, 0.05) is 65.5 Å². The summed E-state index contributed by atoms with van der Waals surface area (Å²) in [6.45, 7) is 0. The monoisotopic (exact) mass is 259 g/mol. The maximum absolute atomic E-state index is 10.9. The maximum Gasteiger partial charge on any atom is 0.258 e. The van der Waals surface area contributed by atoms with Crippen LogP contribution in [0.3, 0.4) is 0 Å². The quantitative estimate of drug-likeness (QED) is 0.435. The van der Waals surface area contributed by atoms with Crippen LogP contribution in [0.1, 0.15) is 20.7 Å². The van der Waals surface area contributed by atoms with Crippen molar-refractivity contribution in [3.8, 4) is 0 Å². The van der Waals surface area contributed by atoms with Crippen LogP contribution in [0, 0.1) is 0 Å². The van der Waals surface area contributed by atoms with Crippen LogP contribution in [0.25, 0.3) is 0 Å². The Labute approximate surface area is 142 Å². The van der Waals surface area contributed by atoms with Gasteiger partial charge in [0.1, 0.15) is 0 Å². The van der Waals surface area contributed by atoms with Gasteiger partial charge in [0.15, 0.2) is 0 Å². The molecule has 1 heterocycles. The van der Waals surface area contributed by atoms with Crippen molar-refractivity contribution in [1.82, 2.24) is 10.2 Å². The first kappa shape index (κ1) is 16.5. The van der Waals surface area contributed by atoms with Crippen molar-refractivity contribution in [2.45, 2.75) is 0 Å². The molecule has 2 rings (SSSR count). The van der Waals surface area contributed by atoms with Crippen LogP contribution < -0.4 is 5.32 Å². The predicted molar refractivity (Wildman–Crippen MR) is 63.7 cm³/mol. The summed E-state index contributed by atoms with van der Waals surface area (Å²) in [6, 6.07) is 6.74. The van der Waals surface area contributed by atoms with E-state index in [4.69, 9.17) is 0 Å². The van der Waals surface area contributed by atoms with Crippen LogP contribution in [0.5, 0.6) is 0 Å². The summed E-state index contributed by atoms with van der Waals surface area (Å²) >= 11 is 0. The molecule has 5 nitrogen and oxygen atoms in total. The van der Waals surface area contributed by atoms with E-state index in [1.54, 1.807) is 38.4 Å². The molecule has 0 bridgehead atoms. The smallest absolute Gasteiger partial charge is 0.258 e. The largest absolute Gasteiger partial charge is 0.351 e. The zero-order valence-corrected chi connectivity index (χ0v) is 13.2. The molecule has 1 aromatic carbocycles. The van der Waals surface area contributed by atoms with E-state index in [2.05, 4.69) is 5.32 Å². The van der Waals surface area contributed by atoms with Gasteiger partial charge in [-0.15, -0.1) is 0 Å². The molecule has 6 heteroatoms. The average Bonchev–Trinajstić information content (AvgIpc) is 2.56. The van der Waals surface area contributed by atoms with E-state index in [-0.39, 0.29) is 63.2 Å². The topological polar surface area (TPSA) is 66.5 Å². The molecule has 0 saturated carbocycles. The number of nitrogens with one attached hydrogen (secondary N) is 1. The van der Waals surface area contributed by atoms with Gasteiger partial charge in [-0.1, -0.05) is 12.1 Å². The van der Waals surface area contributed by atoms with Crippen LogP contribution >= 0.6 is 0 Å². The van der Waals surface area contributed by atoms with E-state index >= 15 is 0 Å². The minimum absolute atomic E-state index is 0. The van der Waals surface area contributed by atoms with Crippen LogP contribution in [0.4, 0.5) is 0 Å². The van der Waals surface area contributed by atoms with E-state index in [0.717, 1.165) is 6.41 Å². The van der Waals surface area contributed by atoms with Gasteiger partial charge >= 0.3 is 0 Å². The van der Waals surface area contributed by atoms with E-state index in [0.29, 0.717) is 11.1 Å². The van der Waals surface area contributed by atoms with Crippen molar-refractivity contribution >= 4 is 69.6 Å². The van der Waals surface area contributed by atoms with Gasteiger partial charge in [-0.25, -0.2) is 0 Å². The molecule has 0 aliphatic carbocycles. The Kier molecular flexibility index (Phi) is 7.48. The standard InChI is InChI=1S/C8H5NO2.C3H7NO.K/c10-7-5-3-1-2-4-6(5)8(11)9-7;1-4(2)3-5;/h1-4H,(H,9,10,11);3H,1-2H3;. The molecule has 1 aliphatic heterocycles. The number of carbonyl (C=O) groups is 3. The van der Waals surface area contributed by atoms with Crippen molar-refractivity contribution in [2.24, 2.45) is 0 Å². The van der Waals surface area contributed by atoms with Gasteiger partial charge in [0.25, 0.3) is 11.8 Å². The molecule has 0 unspecified atom stereocenters. The van der Waals surface area contributed by atoms with Crippen molar-refractivity contribution in [3.05, 3.63) is 35.4 Å². The molecular formula is C11H12KN2O3. The van der Waals surface area contributed by atoms with Crippen molar-refractivity contribution < 1.29 is 14.4 Å². The molecule has 17 heavy (non-hydrogen) atoms. The summed E-state index contributed by atoms with van der Waals surface area (Å²) < 4.78 is 0. The van der Waals surface area contributed by atoms with E-state index in [1.807, 2.05) is 0 Å². The molecule has 1 radical (unpaired) electrons. The molecule has 1 N–H and O–H groups in total. The van der Waals surface area contributed by atoms with Gasteiger partial charge < -0.3 is 4.90 Å². The second kappa shape index (κ2) is 7.73. The number of imide groups is 1. The fraction of sp³-hybridized carbons (Fsp3) is 0.182. The molecule has 0 spiro atoms. The summed E-state index contributed by atoms with van der Waals surface area (Å²) in [5.74, 6) is -0.601. The first-order valence-corrected chi connectivity index (χ1v) is 4.62. The fourth-order valence-electron chi connectivity index (χ4n) is 1.12. The molecule has 0 saturated heterocycles. The van der Waals surface area contributed by atoms with Crippen LogP contribution in [0.2, 0.25) is 0 Å². The van der Waals surface area contributed by atoms with Crippen molar-refractivity contribution in [1.29, 1.82) is 0 Å². The minimum Gasteiger partial charge on any atom is -0.351 e. The number of hydrogen-bond donors (Lipinski definition) is 1. The Morgan fingerprint density at radius 2 is 1.41 bits per heavy atom. The molecular weight excluding hydrogens is 247 g/mol. The van der Waals surface area contributed by atoms with E-state index in [9.17, 15) is 14.4 Å². The fourth-order valence-corrected chi connectivity index (χ4v) is 1.12. The second-order valence-electron chi connectivity index (χ2n) is 3.40. The SMILES string of the molecule is CN(C)C=O.O=C1NC(=O)c2ccccc21.[K]. The summed E-state index contributed by atoms with van der Waals surface area (Å²) in [6.07, 6.45) is 0.750. The molecule has 1 aliphatic rings. The van der Waals surface area contributed by atoms with Crippen LogP contribution in [-0.2, 0) is 4.79 Å². The van der Waals surface area contributed by atoms with Gasteiger partial charge in [0.2, 0.25) is 6.41 Å². The Hall–Kier alpha value is -0.534. The van der Waals surface area contributed by atoms with Crippen LogP contribution in [-0.4, -0.2) is 88.6 Å². The number of fused-ring (bicyclic) bond motifs is 1. The normalized spacial score (nSPS) is 11.4. The molecule has 0 aromatic heterocycles. The van der Waals surface area contributed by atoms with Crippen LogP contribution in [0.15, 0.2) is 24.3 Å². The Bertz CT molecular complexity index is 399. The van der Waals surface area contributed by atoms with Crippen molar-refractivity contribution in [2.75, 3.05) is 14.1 Å². The minimum atomic E-state index is -0.300. The first-order valence-electron chi connectivity index (χ1n) is 4.62. The van der Waals surface area contributed by atoms with Crippen molar-refractivity contribution in [3.63, 3.8) is 0 Å². The molecule has 0 fully saturated rings. The molecule has 1 aromatic rings. The number of amides is 3. The number of hydrogen-bond acceptors (Lipinski definition) is 3. The number of rotatable bonds is 1. The first-order chi connectivity index (χ1) is 7.56. The number of nitrogens with zero attached hydrogens (tertiary/aromatic N) is 1. The summed E-state index contributed by atoms with van der Waals surface area (Å²) in [7, 11) is 3.38. The summed E-state index contributed by atoms with van der Waals surface area (Å²) in [5.41, 5.74) is 0.940. The Balaban J connectivity index is 0.000000373. The second-order valence-corrected chi connectivity index (χ2v) is 3.40. The van der Waals surface area contributed by atoms with E-state index < -0.39 is 0 Å². The van der Waals surface area contributed by atoms with Gasteiger partial charge in [-0.3, -0.25) is 19.7 Å². The maximum atomic E-state index is 10.9. The molecule has 0 atom stereocenters. The predicted octanol–water partition coefficient (Wildman–Crippen LogP) is -0.106. The molecule has 85 valence electrons. The molecule has 3 amide bonds. The van der Waals surface area contributed by atoms with Gasteiger partial charge in [-0.2, -0.15) is 0 Å². The summed E-state index contributed by atoms with van der Waals surface area (Å²) in [5, 5.41) is 2.20.